The maximum absolute atomic E-state index is 13.2. The summed E-state index contributed by atoms with van der Waals surface area (Å²) in [7, 11) is 0. The zero-order valence-corrected chi connectivity index (χ0v) is 13.7. The van der Waals surface area contributed by atoms with Crippen molar-refractivity contribution >= 4 is 18.3 Å². The summed E-state index contributed by atoms with van der Waals surface area (Å²) < 4.78 is 5.51. The SMILES string of the molecule is Cl.NCC1CCN(C(=O)C2(c3ccccc3)CCOCC2)C1. The first-order chi connectivity index (χ1) is 10.3. The maximum Gasteiger partial charge on any atom is 0.233 e. The molecule has 1 aromatic rings. The number of carbonyl (C=O) groups is 1. The predicted molar refractivity (Wildman–Crippen MR) is 89.2 cm³/mol. The van der Waals surface area contributed by atoms with E-state index in [1.54, 1.807) is 0 Å². The highest BCUT2D eigenvalue weighted by atomic mass is 35.5. The number of amides is 1. The van der Waals surface area contributed by atoms with Crippen molar-refractivity contribution in [1.29, 1.82) is 0 Å². The fraction of sp³-hybridized carbons (Fsp3) is 0.588. The Morgan fingerprint density at radius 1 is 1.27 bits per heavy atom. The Morgan fingerprint density at radius 3 is 2.55 bits per heavy atom. The Bertz CT molecular complexity index is 489. The molecule has 0 aromatic heterocycles. The number of hydrogen-bond donors (Lipinski definition) is 1. The van der Waals surface area contributed by atoms with Gasteiger partial charge in [0.25, 0.3) is 0 Å². The molecule has 2 fully saturated rings. The summed E-state index contributed by atoms with van der Waals surface area (Å²) in [6.45, 7) is 3.65. The predicted octanol–water partition coefficient (Wildman–Crippen LogP) is 1.96. The van der Waals surface area contributed by atoms with Gasteiger partial charge in [0.2, 0.25) is 5.91 Å². The molecular formula is C17H25ClN2O2. The Balaban J connectivity index is 0.00000176. The first kappa shape index (κ1) is 17.3. The van der Waals surface area contributed by atoms with Crippen molar-refractivity contribution in [3.63, 3.8) is 0 Å². The Hall–Kier alpha value is -1.10. The van der Waals surface area contributed by atoms with Gasteiger partial charge in [0, 0.05) is 26.3 Å². The highest BCUT2D eigenvalue weighted by Crippen LogP contribution is 2.37. The van der Waals surface area contributed by atoms with Crippen LogP contribution in [0, 0.1) is 5.92 Å². The molecule has 1 unspecified atom stereocenters. The number of rotatable bonds is 3. The van der Waals surface area contributed by atoms with Gasteiger partial charge in [0.1, 0.15) is 0 Å². The van der Waals surface area contributed by atoms with Gasteiger partial charge in [-0.3, -0.25) is 4.79 Å². The Labute approximate surface area is 138 Å². The van der Waals surface area contributed by atoms with Crippen LogP contribution < -0.4 is 5.73 Å². The standard InChI is InChI=1S/C17H24N2O2.ClH/c18-12-14-6-9-19(13-14)16(20)17(7-10-21-11-8-17)15-4-2-1-3-5-15;/h1-5,14H,6-13,18H2;1H. The maximum atomic E-state index is 13.2. The van der Waals surface area contributed by atoms with Gasteiger partial charge in [-0.05, 0) is 37.3 Å². The van der Waals surface area contributed by atoms with E-state index in [2.05, 4.69) is 12.1 Å². The average molecular weight is 325 g/mol. The Kier molecular flexibility index (Phi) is 5.84. The number of carbonyl (C=O) groups excluding carboxylic acids is 1. The van der Waals surface area contributed by atoms with Crippen molar-refractivity contribution in [3.8, 4) is 0 Å². The second-order valence-electron chi connectivity index (χ2n) is 6.20. The number of nitrogens with zero attached hydrogens (tertiary/aromatic N) is 1. The third-order valence-corrected chi connectivity index (χ3v) is 4.99. The normalized spacial score (nSPS) is 23.9. The van der Waals surface area contributed by atoms with E-state index in [4.69, 9.17) is 10.5 Å². The molecule has 4 nitrogen and oxygen atoms in total. The minimum Gasteiger partial charge on any atom is -0.381 e. The molecule has 2 heterocycles. The van der Waals surface area contributed by atoms with Crippen molar-refractivity contribution in [1.82, 2.24) is 4.90 Å². The number of hydrogen-bond acceptors (Lipinski definition) is 3. The lowest BCUT2D eigenvalue weighted by molar-refractivity contribution is -0.140. The van der Waals surface area contributed by atoms with E-state index in [9.17, 15) is 4.79 Å². The number of halogens is 1. The lowest BCUT2D eigenvalue weighted by Crippen LogP contribution is -2.49. The smallest absolute Gasteiger partial charge is 0.233 e. The van der Waals surface area contributed by atoms with Crippen molar-refractivity contribution in [2.75, 3.05) is 32.8 Å². The highest BCUT2D eigenvalue weighted by Gasteiger charge is 2.45. The van der Waals surface area contributed by atoms with Gasteiger partial charge >= 0.3 is 0 Å². The molecule has 0 bridgehead atoms. The lowest BCUT2D eigenvalue weighted by Gasteiger charge is -2.39. The summed E-state index contributed by atoms with van der Waals surface area (Å²) >= 11 is 0. The molecule has 1 amide bonds. The molecule has 5 heteroatoms. The second kappa shape index (κ2) is 7.44. The Morgan fingerprint density at radius 2 is 1.95 bits per heavy atom. The summed E-state index contributed by atoms with van der Waals surface area (Å²) in [5.41, 5.74) is 6.49. The highest BCUT2D eigenvalue weighted by molar-refractivity contribution is 5.88. The second-order valence-corrected chi connectivity index (χ2v) is 6.20. The van der Waals surface area contributed by atoms with Crippen LogP contribution in [0.3, 0.4) is 0 Å². The van der Waals surface area contributed by atoms with E-state index >= 15 is 0 Å². The molecule has 3 rings (SSSR count). The monoisotopic (exact) mass is 324 g/mol. The van der Waals surface area contributed by atoms with E-state index in [1.807, 2.05) is 23.1 Å². The van der Waals surface area contributed by atoms with Crippen LogP contribution in [0.15, 0.2) is 30.3 Å². The van der Waals surface area contributed by atoms with Crippen LogP contribution in [-0.2, 0) is 14.9 Å². The summed E-state index contributed by atoms with van der Waals surface area (Å²) in [6, 6.07) is 10.2. The largest absolute Gasteiger partial charge is 0.381 e. The van der Waals surface area contributed by atoms with Crippen LogP contribution in [0.5, 0.6) is 0 Å². The zero-order chi connectivity index (χ0) is 14.7. The van der Waals surface area contributed by atoms with Crippen LogP contribution in [0.1, 0.15) is 24.8 Å². The van der Waals surface area contributed by atoms with Crippen LogP contribution in [0.25, 0.3) is 0 Å². The molecule has 1 aromatic carbocycles. The van der Waals surface area contributed by atoms with Gasteiger partial charge in [-0.25, -0.2) is 0 Å². The molecular weight excluding hydrogens is 300 g/mol. The van der Waals surface area contributed by atoms with Crippen LogP contribution in [0.4, 0.5) is 0 Å². The summed E-state index contributed by atoms with van der Waals surface area (Å²) in [5, 5.41) is 0. The zero-order valence-electron chi connectivity index (χ0n) is 12.9. The summed E-state index contributed by atoms with van der Waals surface area (Å²) in [4.78, 5) is 15.2. The van der Waals surface area contributed by atoms with Crippen molar-refractivity contribution < 1.29 is 9.53 Å². The molecule has 22 heavy (non-hydrogen) atoms. The minimum absolute atomic E-state index is 0. The van der Waals surface area contributed by atoms with Gasteiger partial charge in [0.15, 0.2) is 0 Å². The number of ether oxygens (including phenoxy) is 1. The van der Waals surface area contributed by atoms with E-state index in [0.29, 0.717) is 25.7 Å². The van der Waals surface area contributed by atoms with Crippen LogP contribution in [0.2, 0.25) is 0 Å². The quantitative estimate of drug-likeness (QED) is 0.924. The molecule has 0 aliphatic carbocycles. The fourth-order valence-corrected chi connectivity index (χ4v) is 3.62. The molecule has 0 spiro atoms. The molecule has 0 radical (unpaired) electrons. The van der Waals surface area contributed by atoms with E-state index in [-0.39, 0.29) is 18.3 Å². The van der Waals surface area contributed by atoms with Crippen molar-refractivity contribution in [3.05, 3.63) is 35.9 Å². The van der Waals surface area contributed by atoms with E-state index in [1.165, 1.54) is 0 Å². The van der Waals surface area contributed by atoms with Crippen LogP contribution >= 0.6 is 12.4 Å². The van der Waals surface area contributed by atoms with E-state index < -0.39 is 5.41 Å². The molecule has 2 saturated heterocycles. The van der Waals surface area contributed by atoms with Gasteiger partial charge in [-0.15, -0.1) is 12.4 Å². The topological polar surface area (TPSA) is 55.6 Å². The first-order valence-corrected chi connectivity index (χ1v) is 7.89. The fourth-order valence-electron chi connectivity index (χ4n) is 3.62. The molecule has 2 aliphatic rings. The number of likely N-dealkylation sites (tertiary alicyclic amines) is 1. The molecule has 0 saturated carbocycles. The molecule has 2 N–H and O–H groups in total. The summed E-state index contributed by atoms with van der Waals surface area (Å²) in [5.74, 6) is 0.731. The molecule has 2 aliphatic heterocycles. The molecule has 122 valence electrons. The number of benzene rings is 1. The number of nitrogens with two attached hydrogens (primary N) is 1. The van der Waals surface area contributed by atoms with Gasteiger partial charge in [-0.2, -0.15) is 0 Å². The van der Waals surface area contributed by atoms with Gasteiger partial charge in [0.05, 0.1) is 5.41 Å². The average Bonchev–Trinajstić information content (AvgIpc) is 3.04. The third-order valence-electron chi connectivity index (χ3n) is 4.99. The minimum atomic E-state index is -0.400. The van der Waals surface area contributed by atoms with Gasteiger partial charge < -0.3 is 15.4 Å². The molecule has 1 atom stereocenters. The van der Waals surface area contributed by atoms with Crippen molar-refractivity contribution in [2.45, 2.75) is 24.7 Å². The third kappa shape index (κ3) is 3.14. The van der Waals surface area contributed by atoms with E-state index in [0.717, 1.165) is 37.9 Å². The summed E-state index contributed by atoms with van der Waals surface area (Å²) in [6.07, 6.45) is 2.59. The lowest BCUT2D eigenvalue weighted by atomic mass is 9.73. The van der Waals surface area contributed by atoms with Crippen molar-refractivity contribution in [2.24, 2.45) is 11.7 Å². The van der Waals surface area contributed by atoms with Crippen LogP contribution in [-0.4, -0.2) is 43.7 Å². The first-order valence-electron chi connectivity index (χ1n) is 7.89. The van der Waals surface area contributed by atoms with Gasteiger partial charge in [-0.1, -0.05) is 30.3 Å².